The number of furan rings is 1. The fraction of sp³-hybridized carbons (Fsp3) is 0.105. The Kier molecular flexibility index (Phi) is 6.28. The van der Waals surface area contributed by atoms with Crippen LogP contribution in [0.1, 0.15) is 21.9 Å². The Morgan fingerprint density at radius 1 is 0.970 bits per heavy atom. The number of hydrogen-bond donors (Lipinski definition) is 1. The number of non-ortho nitro benzene ring substituents is 1. The lowest BCUT2D eigenvalue weighted by Gasteiger charge is -2.14. The molecule has 0 radical (unpaired) electrons. The highest BCUT2D eigenvalue weighted by molar-refractivity contribution is 6.02. The Hall–Kier alpha value is -4.10. The van der Waals surface area contributed by atoms with Crippen molar-refractivity contribution in [2.45, 2.75) is 12.8 Å². The first-order valence-corrected chi connectivity index (χ1v) is 8.60. The summed E-state index contributed by atoms with van der Waals surface area (Å²) in [5.41, 5.74) is -4.74. The summed E-state index contributed by atoms with van der Waals surface area (Å²) in [6.07, 6.45) is -5.72. The molecule has 0 saturated carbocycles. The van der Waals surface area contributed by atoms with Gasteiger partial charge in [-0.25, -0.2) is 17.6 Å². The summed E-state index contributed by atoms with van der Waals surface area (Å²) >= 11 is 0. The van der Waals surface area contributed by atoms with Crippen LogP contribution in [-0.4, -0.2) is 10.8 Å². The number of halogens is 7. The number of carbonyl (C=O) groups excluding carboxylic acids is 1. The highest BCUT2D eigenvalue weighted by Gasteiger charge is 2.42. The average Bonchev–Trinajstić information content (AvgIpc) is 3.22. The van der Waals surface area contributed by atoms with E-state index in [4.69, 9.17) is 9.15 Å². The van der Waals surface area contributed by atoms with E-state index in [0.29, 0.717) is 0 Å². The number of alkyl halides is 3. The van der Waals surface area contributed by atoms with E-state index in [-0.39, 0.29) is 23.8 Å². The van der Waals surface area contributed by atoms with Crippen LogP contribution in [0.15, 0.2) is 40.8 Å². The van der Waals surface area contributed by atoms with Crippen LogP contribution in [0.2, 0.25) is 0 Å². The number of ether oxygens (including phenoxy) is 1. The van der Waals surface area contributed by atoms with Crippen LogP contribution in [0.25, 0.3) is 0 Å². The second-order valence-corrected chi connectivity index (χ2v) is 6.26. The van der Waals surface area contributed by atoms with Crippen LogP contribution in [0, 0.1) is 33.4 Å². The topological polar surface area (TPSA) is 94.6 Å². The van der Waals surface area contributed by atoms with Crippen LogP contribution < -0.4 is 10.1 Å². The van der Waals surface area contributed by atoms with E-state index in [2.05, 4.69) is 0 Å². The minimum absolute atomic E-state index is 0.00997. The van der Waals surface area contributed by atoms with Crippen LogP contribution in [0.3, 0.4) is 0 Å². The van der Waals surface area contributed by atoms with Gasteiger partial charge < -0.3 is 14.5 Å². The molecule has 3 rings (SSSR count). The fourth-order valence-electron chi connectivity index (χ4n) is 2.56. The maximum absolute atomic E-state index is 13.9. The van der Waals surface area contributed by atoms with E-state index >= 15 is 0 Å². The minimum atomic E-state index is -5.72. The second kappa shape index (κ2) is 8.80. The van der Waals surface area contributed by atoms with Crippen molar-refractivity contribution in [3.8, 4) is 5.75 Å². The molecular weight excluding hydrogens is 469 g/mol. The number of nitrogens with one attached hydrogen (secondary N) is 1. The molecule has 0 unspecified atom stereocenters. The molecule has 174 valence electrons. The molecule has 33 heavy (non-hydrogen) atoms. The van der Waals surface area contributed by atoms with Gasteiger partial charge in [0.15, 0.2) is 29.0 Å². The Bertz CT molecular complexity index is 1190. The van der Waals surface area contributed by atoms with E-state index in [0.717, 1.165) is 6.07 Å². The van der Waals surface area contributed by atoms with Gasteiger partial charge in [-0.2, -0.15) is 13.2 Å². The van der Waals surface area contributed by atoms with Gasteiger partial charge in [-0.1, -0.05) is 0 Å². The number of nitrogens with zero attached hydrogens (tertiary/aromatic N) is 1. The summed E-state index contributed by atoms with van der Waals surface area (Å²) in [6, 6.07) is 7.10. The monoisotopic (exact) mass is 478 g/mol. The van der Waals surface area contributed by atoms with E-state index in [9.17, 15) is 45.6 Å². The Balaban J connectivity index is 1.74. The molecule has 14 heteroatoms. The molecule has 0 fully saturated rings. The van der Waals surface area contributed by atoms with Crippen LogP contribution in [0.4, 0.5) is 42.1 Å². The summed E-state index contributed by atoms with van der Waals surface area (Å²) in [5.74, 6) is -12.2. The lowest BCUT2D eigenvalue weighted by molar-refractivity contribution is -0.384. The first kappa shape index (κ1) is 23.6. The number of benzene rings is 2. The molecule has 0 bridgehead atoms. The van der Waals surface area contributed by atoms with Crippen molar-refractivity contribution in [1.29, 1.82) is 0 Å². The minimum Gasteiger partial charge on any atom is -0.486 e. The van der Waals surface area contributed by atoms with Crippen molar-refractivity contribution < 1.29 is 49.6 Å². The van der Waals surface area contributed by atoms with Crippen molar-refractivity contribution in [2.24, 2.45) is 0 Å². The van der Waals surface area contributed by atoms with Crippen LogP contribution in [0.5, 0.6) is 5.75 Å². The van der Waals surface area contributed by atoms with Gasteiger partial charge in [-0.15, -0.1) is 0 Å². The van der Waals surface area contributed by atoms with Gasteiger partial charge in [0, 0.05) is 12.1 Å². The van der Waals surface area contributed by atoms with E-state index in [1.54, 1.807) is 0 Å². The first-order valence-electron chi connectivity index (χ1n) is 8.60. The number of anilines is 1. The van der Waals surface area contributed by atoms with E-state index < -0.39 is 57.3 Å². The largest absolute Gasteiger partial charge is 0.486 e. The van der Waals surface area contributed by atoms with Crippen molar-refractivity contribution in [2.75, 3.05) is 5.32 Å². The molecule has 0 spiro atoms. The summed E-state index contributed by atoms with van der Waals surface area (Å²) < 4.78 is 103. The number of carbonyl (C=O) groups is 1. The molecule has 1 heterocycles. The maximum atomic E-state index is 13.9. The SMILES string of the molecule is O=C(Nc1c(F)c(F)c(C(F)(F)F)c(F)c1F)c1ccc(COc2ccc([N+](=O)[O-])cc2)o1. The smallest absolute Gasteiger partial charge is 0.422 e. The molecule has 0 aliphatic carbocycles. The van der Waals surface area contributed by atoms with Gasteiger partial charge in [-0.05, 0) is 24.3 Å². The maximum Gasteiger partial charge on any atom is 0.422 e. The number of nitro groups is 1. The third-order valence-corrected chi connectivity index (χ3v) is 4.10. The summed E-state index contributed by atoms with van der Waals surface area (Å²) in [4.78, 5) is 22.1. The average molecular weight is 478 g/mol. The molecule has 0 atom stereocenters. The molecule has 0 saturated heterocycles. The van der Waals surface area contributed by atoms with Crippen LogP contribution in [-0.2, 0) is 12.8 Å². The number of nitro benzene ring substituents is 1. The number of rotatable bonds is 6. The standard InChI is InChI=1S/C19H9F7N2O5/c20-13-12(19(24,25)26)14(21)16(23)17(15(13)22)27-18(29)11-6-5-10(33-11)7-32-9-3-1-8(2-4-9)28(30)31/h1-6H,7H2,(H,27,29). The zero-order valence-corrected chi connectivity index (χ0v) is 15.8. The third kappa shape index (κ3) is 4.88. The second-order valence-electron chi connectivity index (χ2n) is 6.26. The van der Waals surface area contributed by atoms with Gasteiger partial charge in [0.1, 0.15) is 29.4 Å². The van der Waals surface area contributed by atoms with Gasteiger partial charge >= 0.3 is 6.18 Å². The summed E-state index contributed by atoms with van der Waals surface area (Å²) in [7, 11) is 0. The summed E-state index contributed by atoms with van der Waals surface area (Å²) in [5, 5.41) is 12.0. The Morgan fingerprint density at radius 3 is 2.06 bits per heavy atom. The zero-order valence-electron chi connectivity index (χ0n) is 15.8. The van der Waals surface area contributed by atoms with E-state index in [1.807, 2.05) is 0 Å². The molecule has 3 aromatic rings. The molecule has 2 aromatic carbocycles. The van der Waals surface area contributed by atoms with E-state index in [1.165, 1.54) is 35.6 Å². The van der Waals surface area contributed by atoms with Gasteiger partial charge in [-0.3, -0.25) is 14.9 Å². The normalized spacial score (nSPS) is 11.4. The van der Waals surface area contributed by atoms with Gasteiger partial charge in [0.05, 0.1) is 4.92 Å². The highest BCUT2D eigenvalue weighted by Crippen LogP contribution is 2.38. The zero-order chi connectivity index (χ0) is 24.5. The molecule has 0 aliphatic rings. The van der Waals surface area contributed by atoms with Crippen LogP contribution >= 0.6 is 0 Å². The van der Waals surface area contributed by atoms with Crippen molar-refractivity contribution in [1.82, 2.24) is 0 Å². The Morgan fingerprint density at radius 2 is 1.55 bits per heavy atom. The predicted octanol–water partition coefficient (Wildman–Crippen LogP) is 5.59. The molecular formula is C19H9F7N2O5. The fourth-order valence-corrected chi connectivity index (χ4v) is 2.56. The van der Waals surface area contributed by atoms with Gasteiger partial charge in [0.25, 0.3) is 11.6 Å². The first-order chi connectivity index (χ1) is 15.4. The summed E-state index contributed by atoms with van der Waals surface area (Å²) in [6.45, 7) is -0.294. The molecule has 0 aliphatic heterocycles. The molecule has 1 aromatic heterocycles. The van der Waals surface area contributed by atoms with Crippen molar-refractivity contribution in [3.05, 3.63) is 86.9 Å². The highest BCUT2D eigenvalue weighted by atomic mass is 19.4. The predicted molar refractivity (Wildman–Crippen MR) is 95.4 cm³/mol. The Labute approximate surface area is 178 Å². The third-order valence-electron chi connectivity index (χ3n) is 4.10. The number of hydrogen-bond acceptors (Lipinski definition) is 5. The molecule has 1 N–H and O–H groups in total. The van der Waals surface area contributed by atoms with Crippen molar-refractivity contribution >= 4 is 17.3 Å². The lowest BCUT2D eigenvalue weighted by atomic mass is 10.1. The van der Waals surface area contributed by atoms with Gasteiger partial charge in [0.2, 0.25) is 0 Å². The molecule has 1 amide bonds. The molecule has 7 nitrogen and oxygen atoms in total. The quantitative estimate of drug-likeness (QED) is 0.216. The number of amides is 1. The van der Waals surface area contributed by atoms with Crippen molar-refractivity contribution in [3.63, 3.8) is 0 Å². The lowest BCUT2D eigenvalue weighted by Crippen LogP contribution is -2.20.